The van der Waals surface area contributed by atoms with E-state index in [9.17, 15) is 22.8 Å². The van der Waals surface area contributed by atoms with Crippen LogP contribution in [0.5, 0.6) is 0 Å². The number of hydrogen-bond donors (Lipinski definition) is 1. The van der Waals surface area contributed by atoms with E-state index in [0.717, 1.165) is 23.5 Å². The highest BCUT2D eigenvalue weighted by atomic mass is 32.1. The number of nitrogens with zero attached hydrogens (tertiary/aromatic N) is 2. The van der Waals surface area contributed by atoms with Gasteiger partial charge in [-0.1, -0.05) is 12.1 Å². The molecule has 2 aromatic rings. The van der Waals surface area contributed by atoms with Crippen molar-refractivity contribution in [3.63, 3.8) is 0 Å². The number of amides is 1. The van der Waals surface area contributed by atoms with Gasteiger partial charge in [0.05, 0.1) is 5.56 Å². The predicted molar refractivity (Wildman–Crippen MR) is 93.4 cm³/mol. The second-order valence-corrected chi connectivity index (χ2v) is 7.31. The molecule has 0 unspecified atom stereocenters. The number of rotatable bonds is 4. The van der Waals surface area contributed by atoms with Crippen molar-refractivity contribution in [1.82, 2.24) is 9.88 Å². The fraction of sp³-hybridized carbons (Fsp3) is 0.389. The molecule has 1 aromatic carbocycles. The lowest BCUT2D eigenvalue weighted by atomic mass is 9.93. The van der Waals surface area contributed by atoms with Gasteiger partial charge in [0.1, 0.15) is 10.7 Å². The standard InChI is InChI=1S/C18H17F3N2O3S/c19-18(20,21)13-3-1-2-12(9-13)16-22-14(10-27-16)17(26)23-6-4-11(5-7-23)8-15(24)25/h1-3,9-11H,4-8H2,(H,24,25). The van der Waals surface area contributed by atoms with Crippen molar-refractivity contribution in [1.29, 1.82) is 0 Å². The lowest BCUT2D eigenvalue weighted by molar-refractivity contribution is -0.139. The van der Waals surface area contributed by atoms with E-state index in [0.29, 0.717) is 36.5 Å². The summed E-state index contributed by atoms with van der Waals surface area (Å²) in [6, 6.07) is 4.85. The highest BCUT2D eigenvalue weighted by Gasteiger charge is 2.31. The number of likely N-dealkylation sites (tertiary alicyclic amines) is 1. The Balaban J connectivity index is 1.69. The summed E-state index contributed by atoms with van der Waals surface area (Å²) >= 11 is 1.12. The number of alkyl halides is 3. The first-order valence-corrected chi connectivity index (χ1v) is 9.26. The van der Waals surface area contributed by atoms with Crippen molar-refractivity contribution in [3.8, 4) is 10.6 Å². The van der Waals surface area contributed by atoms with Gasteiger partial charge in [-0.05, 0) is 30.9 Å². The van der Waals surface area contributed by atoms with Gasteiger partial charge in [0, 0.05) is 30.5 Å². The second kappa shape index (κ2) is 7.67. The summed E-state index contributed by atoms with van der Waals surface area (Å²) in [7, 11) is 0. The van der Waals surface area contributed by atoms with Crippen LogP contribution >= 0.6 is 11.3 Å². The number of thiazole rings is 1. The van der Waals surface area contributed by atoms with E-state index in [2.05, 4.69) is 4.98 Å². The molecule has 0 saturated carbocycles. The van der Waals surface area contributed by atoms with Gasteiger partial charge in [0.25, 0.3) is 5.91 Å². The van der Waals surface area contributed by atoms with Gasteiger partial charge >= 0.3 is 12.1 Å². The summed E-state index contributed by atoms with van der Waals surface area (Å²) < 4.78 is 38.6. The molecule has 1 saturated heterocycles. The van der Waals surface area contributed by atoms with Crippen LogP contribution in [0.3, 0.4) is 0 Å². The average molecular weight is 398 g/mol. The Labute approximate surface area is 157 Å². The van der Waals surface area contributed by atoms with Crippen LogP contribution in [0.15, 0.2) is 29.6 Å². The Morgan fingerprint density at radius 2 is 1.96 bits per heavy atom. The third-order valence-corrected chi connectivity index (χ3v) is 5.42. The normalized spacial score (nSPS) is 15.7. The Kier molecular flexibility index (Phi) is 5.50. The zero-order valence-corrected chi connectivity index (χ0v) is 15.0. The molecule has 144 valence electrons. The van der Waals surface area contributed by atoms with Gasteiger partial charge in [-0.15, -0.1) is 11.3 Å². The summed E-state index contributed by atoms with van der Waals surface area (Å²) in [5.41, 5.74) is -0.248. The van der Waals surface area contributed by atoms with Gasteiger partial charge in [0.15, 0.2) is 0 Å². The van der Waals surface area contributed by atoms with E-state index in [-0.39, 0.29) is 23.9 Å². The van der Waals surface area contributed by atoms with E-state index in [1.807, 2.05) is 0 Å². The van der Waals surface area contributed by atoms with Crippen LogP contribution in [0.25, 0.3) is 10.6 Å². The second-order valence-electron chi connectivity index (χ2n) is 6.45. The van der Waals surface area contributed by atoms with E-state index in [4.69, 9.17) is 5.11 Å². The zero-order valence-electron chi connectivity index (χ0n) is 14.2. The number of carboxylic acids is 1. The number of hydrogen-bond acceptors (Lipinski definition) is 4. The van der Waals surface area contributed by atoms with Gasteiger partial charge in [-0.3, -0.25) is 9.59 Å². The highest BCUT2D eigenvalue weighted by molar-refractivity contribution is 7.13. The van der Waals surface area contributed by atoms with Crippen molar-refractivity contribution < 1.29 is 27.9 Å². The molecule has 1 fully saturated rings. The third kappa shape index (κ3) is 4.65. The largest absolute Gasteiger partial charge is 0.481 e. The topological polar surface area (TPSA) is 70.5 Å². The van der Waals surface area contributed by atoms with E-state index in [1.165, 1.54) is 12.1 Å². The number of carbonyl (C=O) groups is 2. The molecular formula is C18H17F3N2O3S. The number of piperidine rings is 1. The SMILES string of the molecule is O=C(O)CC1CCN(C(=O)c2csc(-c3cccc(C(F)(F)F)c3)n2)CC1. The summed E-state index contributed by atoms with van der Waals surface area (Å²) in [6.07, 6.45) is -3.12. The molecule has 1 aliphatic heterocycles. The lowest BCUT2D eigenvalue weighted by Gasteiger charge is -2.30. The van der Waals surface area contributed by atoms with E-state index in [1.54, 1.807) is 10.3 Å². The first-order valence-electron chi connectivity index (χ1n) is 8.38. The molecule has 9 heteroatoms. The molecule has 0 spiro atoms. The number of carbonyl (C=O) groups excluding carboxylic acids is 1. The van der Waals surface area contributed by atoms with Crippen molar-refractivity contribution in [2.24, 2.45) is 5.92 Å². The van der Waals surface area contributed by atoms with Crippen molar-refractivity contribution >= 4 is 23.2 Å². The number of halogens is 3. The minimum absolute atomic E-state index is 0.0580. The lowest BCUT2D eigenvalue weighted by Crippen LogP contribution is -2.39. The molecule has 5 nitrogen and oxygen atoms in total. The molecule has 0 bridgehead atoms. The molecule has 0 atom stereocenters. The van der Waals surface area contributed by atoms with Crippen molar-refractivity contribution in [2.75, 3.05) is 13.1 Å². The molecular weight excluding hydrogens is 381 g/mol. The fourth-order valence-corrected chi connectivity index (χ4v) is 3.87. The van der Waals surface area contributed by atoms with Gasteiger partial charge < -0.3 is 10.0 Å². The number of aromatic nitrogens is 1. The molecule has 1 aromatic heterocycles. The molecule has 1 amide bonds. The summed E-state index contributed by atoms with van der Waals surface area (Å²) in [5.74, 6) is -1.06. The van der Waals surface area contributed by atoms with E-state index < -0.39 is 17.7 Å². The predicted octanol–water partition coefficient (Wildman–Crippen LogP) is 4.16. The monoisotopic (exact) mass is 398 g/mol. The van der Waals surface area contributed by atoms with Crippen LogP contribution in [-0.4, -0.2) is 40.0 Å². The number of aliphatic carboxylic acids is 1. The molecule has 27 heavy (non-hydrogen) atoms. The van der Waals surface area contributed by atoms with Crippen LogP contribution in [-0.2, 0) is 11.0 Å². The summed E-state index contributed by atoms with van der Waals surface area (Å²) in [5, 5.41) is 10.7. The van der Waals surface area contributed by atoms with Gasteiger partial charge in [-0.25, -0.2) is 4.98 Å². The quantitative estimate of drug-likeness (QED) is 0.840. The third-order valence-electron chi connectivity index (χ3n) is 4.53. The van der Waals surface area contributed by atoms with Crippen molar-refractivity contribution in [2.45, 2.75) is 25.4 Å². The molecule has 0 aliphatic carbocycles. The molecule has 1 N–H and O–H groups in total. The van der Waals surface area contributed by atoms with Crippen LogP contribution in [0.4, 0.5) is 13.2 Å². The van der Waals surface area contributed by atoms with E-state index >= 15 is 0 Å². The zero-order chi connectivity index (χ0) is 19.6. The molecule has 1 aliphatic rings. The van der Waals surface area contributed by atoms with Crippen LogP contribution in [0.2, 0.25) is 0 Å². The number of benzene rings is 1. The Morgan fingerprint density at radius 1 is 1.26 bits per heavy atom. The van der Waals surface area contributed by atoms with Gasteiger partial charge in [-0.2, -0.15) is 13.2 Å². The maximum Gasteiger partial charge on any atom is 0.416 e. The smallest absolute Gasteiger partial charge is 0.416 e. The maximum atomic E-state index is 12.9. The minimum Gasteiger partial charge on any atom is -0.481 e. The van der Waals surface area contributed by atoms with Crippen LogP contribution < -0.4 is 0 Å². The minimum atomic E-state index is -4.44. The summed E-state index contributed by atoms with van der Waals surface area (Å²) in [6.45, 7) is 0.903. The Bertz CT molecular complexity index is 842. The highest BCUT2D eigenvalue weighted by Crippen LogP contribution is 2.33. The Hall–Kier alpha value is -2.42. The maximum absolute atomic E-state index is 12.9. The van der Waals surface area contributed by atoms with Crippen molar-refractivity contribution in [3.05, 3.63) is 40.9 Å². The van der Waals surface area contributed by atoms with Crippen LogP contribution in [0, 0.1) is 5.92 Å². The molecule has 0 radical (unpaired) electrons. The fourth-order valence-electron chi connectivity index (χ4n) is 3.08. The first kappa shape index (κ1) is 19.3. The molecule has 2 heterocycles. The number of carboxylic acid groups (broad SMARTS) is 1. The molecule has 3 rings (SSSR count). The Morgan fingerprint density at radius 3 is 2.59 bits per heavy atom. The van der Waals surface area contributed by atoms with Crippen LogP contribution in [0.1, 0.15) is 35.3 Å². The summed E-state index contributed by atoms with van der Waals surface area (Å²) in [4.78, 5) is 29.2. The average Bonchev–Trinajstić information content (AvgIpc) is 3.11. The first-order chi connectivity index (χ1) is 12.7. The van der Waals surface area contributed by atoms with Gasteiger partial charge in [0.2, 0.25) is 0 Å².